The Morgan fingerprint density at radius 3 is 2.90 bits per heavy atom. The molecule has 1 N–H and O–H groups in total. The summed E-state index contributed by atoms with van der Waals surface area (Å²) in [5.41, 5.74) is 0.602. The van der Waals surface area contributed by atoms with Gasteiger partial charge in [-0.05, 0) is 50.4 Å². The molecule has 2 heterocycles. The van der Waals surface area contributed by atoms with Crippen molar-refractivity contribution in [2.75, 3.05) is 26.3 Å². The van der Waals surface area contributed by atoms with Gasteiger partial charge in [-0.25, -0.2) is 0 Å². The quantitative estimate of drug-likeness (QED) is 0.912. The van der Waals surface area contributed by atoms with Gasteiger partial charge in [-0.3, -0.25) is 4.90 Å². The molecule has 0 spiro atoms. The number of halogens is 1. The van der Waals surface area contributed by atoms with Gasteiger partial charge in [0.1, 0.15) is 13.2 Å². The molecule has 2 aliphatic rings. The Bertz CT molecular complexity index is 518. The van der Waals surface area contributed by atoms with Crippen molar-refractivity contribution in [3.63, 3.8) is 0 Å². The van der Waals surface area contributed by atoms with Gasteiger partial charge < -0.3 is 14.6 Å². The highest BCUT2D eigenvalue weighted by Gasteiger charge is 2.25. The zero-order chi connectivity index (χ0) is 14.9. The van der Waals surface area contributed by atoms with Gasteiger partial charge in [0.15, 0.2) is 11.5 Å². The second-order valence-electron chi connectivity index (χ2n) is 6.23. The first kappa shape index (κ1) is 14.9. The van der Waals surface area contributed by atoms with Gasteiger partial charge >= 0.3 is 0 Å². The number of rotatable bonds is 2. The number of hydrogen-bond acceptors (Lipinski definition) is 4. The summed E-state index contributed by atoms with van der Waals surface area (Å²) in [4.78, 5) is 2.36. The Labute approximate surface area is 130 Å². The highest BCUT2D eigenvalue weighted by Crippen LogP contribution is 2.38. The zero-order valence-corrected chi connectivity index (χ0v) is 13.2. The van der Waals surface area contributed by atoms with Crippen LogP contribution in [0.4, 0.5) is 0 Å². The van der Waals surface area contributed by atoms with E-state index < -0.39 is 5.60 Å². The van der Waals surface area contributed by atoms with Crippen LogP contribution in [0.3, 0.4) is 0 Å². The molecular weight excluding hydrogens is 290 g/mol. The van der Waals surface area contributed by atoms with Crippen molar-refractivity contribution in [3.8, 4) is 11.5 Å². The Morgan fingerprint density at radius 2 is 2.05 bits per heavy atom. The molecule has 1 aromatic rings. The minimum atomic E-state index is -0.529. The van der Waals surface area contributed by atoms with Gasteiger partial charge in [-0.1, -0.05) is 11.6 Å². The molecule has 3 rings (SSSR count). The second kappa shape index (κ2) is 6.03. The predicted molar refractivity (Wildman–Crippen MR) is 82.2 cm³/mol. The second-order valence-corrected chi connectivity index (χ2v) is 6.64. The average molecular weight is 312 g/mol. The summed E-state index contributed by atoms with van der Waals surface area (Å²) in [7, 11) is 0. The molecule has 21 heavy (non-hydrogen) atoms. The van der Waals surface area contributed by atoms with Crippen LogP contribution in [0.15, 0.2) is 12.1 Å². The smallest absolute Gasteiger partial charge is 0.179 e. The van der Waals surface area contributed by atoms with Crippen molar-refractivity contribution < 1.29 is 14.6 Å². The fourth-order valence-electron chi connectivity index (χ4n) is 2.99. The molecule has 1 unspecified atom stereocenters. The lowest BCUT2D eigenvalue weighted by molar-refractivity contribution is 0.0444. The molecule has 1 atom stereocenters. The third kappa shape index (κ3) is 3.62. The predicted octanol–water partition coefficient (Wildman–Crippen LogP) is 2.85. The Morgan fingerprint density at radius 1 is 1.24 bits per heavy atom. The summed E-state index contributed by atoms with van der Waals surface area (Å²) in [5, 5.41) is 10.8. The van der Waals surface area contributed by atoms with E-state index in [2.05, 4.69) is 4.90 Å². The largest absolute Gasteiger partial charge is 0.486 e. The molecule has 0 saturated carbocycles. The van der Waals surface area contributed by atoms with E-state index in [-0.39, 0.29) is 0 Å². The summed E-state index contributed by atoms with van der Waals surface area (Å²) in [6, 6.07) is 3.97. The summed E-state index contributed by atoms with van der Waals surface area (Å²) in [6.07, 6.45) is 2.70. The molecule has 0 aliphatic carbocycles. The summed E-state index contributed by atoms with van der Waals surface area (Å²) < 4.78 is 11.2. The van der Waals surface area contributed by atoms with Crippen LogP contribution < -0.4 is 9.47 Å². The van der Waals surface area contributed by atoms with Crippen molar-refractivity contribution in [2.45, 2.75) is 38.3 Å². The van der Waals surface area contributed by atoms with Crippen LogP contribution in [-0.2, 0) is 6.54 Å². The lowest BCUT2D eigenvalue weighted by Gasteiger charge is -2.24. The Balaban J connectivity index is 1.71. The first-order valence-electron chi connectivity index (χ1n) is 7.56. The monoisotopic (exact) mass is 311 g/mol. The fourth-order valence-corrected chi connectivity index (χ4v) is 3.28. The van der Waals surface area contributed by atoms with Crippen LogP contribution in [0.5, 0.6) is 11.5 Å². The van der Waals surface area contributed by atoms with E-state index in [0.717, 1.165) is 50.2 Å². The molecule has 2 aliphatic heterocycles. The SMILES string of the molecule is CC1(O)CCCN(Cc2cc(Cl)c3c(c2)OCCO3)CC1. The number of ether oxygens (including phenoxy) is 2. The molecule has 5 heteroatoms. The molecule has 1 aromatic carbocycles. The Kier molecular flexibility index (Phi) is 4.29. The van der Waals surface area contributed by atoms with E-state index in [1.54, 1.807) is 0 Å². The summed E-state index contributed by atoms with van der Waals surface area (Å²) in [6.45, 7) is 5.78. The number of nitrogens with zero attached hydrogens (tertiary/aromatic N) is 1. The lowest BCUT2D eigenvalue weighted by Crippen LogP contribution is -2.28. The normalized spacial score (nSPS) is 26.4. The first-order valence-corrected chi connectivity index (χ1v) is 7.94. The maximum Gasteiger partial charge on any atom is 0.179 e. The van der Waals surface area contributed by atoms with Gasteiger partial charge in [0, 0.05) is 13.1 Å². The van der Waals surface area contributed by atoms with Crippen molar-refractivity contribution in [1.82, 2.24) is 4.90 Å². The fraction of sp³-hybridized carbons (Fsp3) is 0.625. The van der Waals surface area contributed by atoms with Crippen molar-refractivity contribution >= 4 is 11.6 Å². The molecule has 0 bridgehead atoms. The van der Waals surface area contributed by atoms with Crippen molar-refractivity contribution in [3.05, 3.63) is 22.7 Å². The molecule has 0 radical (unpaired) electrons. The van der Waals surface area contributed by atoms with Gasteiger partial charge in [-0.15, -0.1) is 0 Å². The molecule has 0 amide bonds. The van der Waals surface area contributed by atoms with E-state index in [0.29, 0.717) is 24.0 Å². The topological polar surface area (TPSA) is 41.9 Å². The number of aliphatic hydroxyl groups is 1. The van der Waals surface area contributed by atoms with E-state index in [4.69, 9.17) is 21.1 Å². The van der Waals surface area contributed by atoms with Crippen LogP contribution >= 0.6 is 11.6 Å². The van der Waals surface area contributed by atoms with E-state index in [1.165, 1.54) is 0 Å². The van der Waals surface area contributed by atoms with Gasteiger partial charge in [0.25, 0.3) is 0 Å². The molecule has 0 aromatic heterocycles. The number of fused-ring (bicyclic) bond motifs is 1. The minimum absolute atomic E-state index is 0.529. The molecule has 1 fully saturated rings. The average Bonchev–Trinajstić information content (AvgIpc) is 2.60. The van der Waals surface area contributed by atoms with E-state index >= 15 is 0 Å². The van der Waals surface area contributed by atoms with Crippen LogP contribution in [-0.4, -0.2) is 41.9 Å². The number of benzene rings is 1. The number of hydrogen-bond donors (Lipinski definition) is 1. The van der Waals surface area contributed by atoms with Crippen LogP contribution in [0.25, 0.3) is 0 Å². The zero-order valence-electron chi connectivity index (χ0n) is 12.4. The van der Waals surface area contributed by atoms with E-state index in [1.807, 2.05) is 19.1 Å². The number of likely N-dealkylation sites (tertiary alicyclic amines) is 1. The molecule has 1 saturated heterocycles. The minimum Gasteiger partial charge on any atom is -0.486 e. The highest BCUT2D eigenvalue weighted by molar-refractivity contribution is 6.32. The maximum atomic E-state index is 10.2. The van der Waals surface area contributed by atoms with Crippen molar-refractivity contribution in [2.24, 2.45) is 0 Å². The molecule has 116 valence electrons. The van der Waals surface area contributed by atoms with Crippen LogP contribution in [0.2, 0.25) is 5.02 Å². The van der Waals surface area contributed by atoms with Gasteiger partial charge in [-0.2, -0.15) is 0 Å². The summed E-state index contributed by atoms with van der Waals surface area (Å²) >= 11 is 6.28. The standard InChI is InChI=1S/C16H22ClNO3/c1-16(19)3-2-5-18(6-4-16)11-12-9-13(17)15-14(10-12)20-7-8-21-15/h9-10,19H,2-8,11H2,1H3. The van der Waals surface area contributed by atoms with Gasteiger partial charge in [0.05, 0.1) is 10.6 Å². The van der Waals surface area contributed by atoms with Crippen LogP contribution in [0.1, 0.15) is 31.7 Å². The van der Waals surface area contributed by atoms with Crippen LogP contribution in [0, 0.1) is 0 Å². The lowest BCUT2D eigenvalue weighted by atomic mass is 9.98. The third-order valence-corrected chi connectivity index (χ3v) is 4.50. The molecular formula is C16H22ClNO3. The highest BCUT2D eigenvalue weighted by atomic mass is 35.5. The third-order valence-electron chi connectivity index (χ3n) is 4.22. The van der Waals surface area contributed by atoms with Crippen molar-refractivity contribution in [1.29, 1.82) is 0 Å². The maximum absolute atomic E-state index is 10.2. The summed E-state index contributed by atoms with van der Waals surface area (Å²) in [5.74, 6) is 1.40. The first-order chi connectivity index (χ1) is 10.0. The van der Waals surface area contributed by atoms with Gasteiger partial charge in [0.2, 0.25) is 0 Å². The van der Waals surface area contributed by atoms with E-state index in [9.17, 15) is 5.11 Å². The molecule has 4 nitrogen and oxygen atoms in total. The Hall–Kier alpha value is -0.970.